The van der Waals surface area contributed by atoms with Gasteiger partial charge in [-0.2, -0.15) is 0 Å². The van der Waals surface area contributed by atoms with Crippen LogP contribution in [-0.2, 0) is 11.3 Å². The van der Waals surface area contributed by atoms with Crippen molar-refractivity contribution in [1.82, 2.24) is 15.3 Å². The zero-order valence-electron chi connectivity index (χ0n) is 13.3. The smallest absolute Gasteiger partial charge is 0.261 e. The highest BCUT2D eigenvalue weighted by molar-refractivity contribution is 5.89. The normalized spacial score (nSPS) is 11.9. The number of rotatable bonds is 5. The summed E-state index contributed by atoms with van der Waals surface area (Å²) in [4.78, 5) is 20.3. The molecule has 3 aromatic rings. The lowest BCUT2D eigenvalue weighted by Crippen LogP contribution is -2.36. The van der Waals surface area contributed by atoms with Gasteiger partial charge in [-0.25, -0.2) is 9.97 Å². The van der Waals surface area contributed by atoms with Gasteiger partial charge in [0.15, 0.2) is 6.10 Å². The van der Waals surface area contributed by atoms with Gasteiger partial charge in [0.2, 0.25) is 0 Å². The van der Waals surface area contributed by atoms with Crippen LogP contribution in [0.15, 0.2) is 54.7 Å². The fraction of sp³-hybridized carbons (Fsp3) is 0.167. The van der Waals surface area contributed by atoms with Gasteiger partial charge in [0.25, 0.3) is 5.91 Å². The number of nitrogens with two attached hydrogens (primary N) is 1. The molecule has 1 amide bonds. The number of hydrogen-bond donors (Lipinski definition) is 2. The third-order valence-electron chi connectivity index (χ3n) is 3.57. The Balaban J connectivity index is 1.65. The largest absolute Gasteiger partial charge is 0.480 e. The number of nitrogens with one attached hydrogen (secondary N) is 1. The van der Waals surface area contributed by atoms with Crippen LogP contribution in [0, 0.1) is 0 Å². The molecule has 0 aliphatic rings. The van der Waals surface area contributed by atoms with Gasteiger partial charge in [0.1, 0.15) is 17.4 Å². The van der Waals surface area contributed by atoms with Crippen LogP contribution in [0.5, 0.6) is 5.75 Å². The van der Waals surface area contributed by atoms with Crippen molar-refractivity contribution in [3.05, 3.63) is 60.6 Å². The molecule has 6 heteroatoms. The molecule has 0 spiro atoms. The molecule has 0 aliphatic carbocycles. The molecular formula is C18H18N4O2. The molecule has 1 aromatic heterocycles. The van der Waals surface area contributed by atoms with Gasteiger partial charge in [0.05, 0.1) is 6.54 Å². The lowest BCUT2D eigenvalue weighted by Gasteiger charge is -2.16. The number of aromatic nitrogens is 2. The second-order valence-corrected chi connectivity index (χ2v) is 5.35. The fourth-order valence-electron chi connectivity index (χ4n) is 2.35. The number of amides is 1. The highest BCUT2D eigenvalue weighted by Crippen LogP contribution is 2.25. The summed E-state index contributed by atoms with van der Waals surface area (Å²) in [5, 5.41) is 4.79. The van der Waals surface area contributed by atoms with E-state index in [1.54, 1.807) is 19.2 Å². The van der Waals surface area contributed by atoms with Crippen molar-refractivity contribution in [2.45, 2.75) is 19.6 Å². The molecule has 0 saturated heterocycles. The molecule has 6 nitrogen and oxygen atoms in total. The van der Waals surface area contributed by atoms with Crippen molar-refractivity contribution >= 4 is 22.5 Å². The number of nitrogens with zero attached hydrogens (tertiary/aromatic N) is 2. The lowest BCUT2D eigenvalue weighted by molar-refractivity contribution is -0.127. The monoisotopic (exact) mass is 322 g/mol. The Morgan fingerprint density at radius 3 is 2.83 bits per heavy atom. The van der Waals surface area contributed by atoms with Crippen LogP contribution in [0.3, 0.4) is 0 Å². The summed E-state index contributed by atoms with van der Waals surface area (Å²) < 4.78 is 5.82. The van der Waals surface area contributed by atoms with Crippen molar-refractivity contribution < 1.29 is 9.53 Å². The molecule has 0 bridgehead atoms. The van der Waals surface area contributed by atoms with Crippen LogP contribution < -0.4 is 15.8 Å². The Hall–Kier alpha value is -3.15. The average Bonchev–Trinajstić information content (AvgIpc) is 2.60. The molecule has 24 heavy (non-hydrogen) atoms. The highest BCUT2D eigenvalue weighted by atomic mass is 16.5. The first-order valence-corrected chi connectivity index (χ1v) is 7.63. The van der Waals surface area contributed by atoms with Crippen LogP contribution in [0.25, 0.3) is 10.8 Å². The van der Waals surface area contributed by atoms with Gasteiger partial charge in [-0.15, -0.1) is 0 Å². The molecule has 1 heterocycles. The topological polar surface area (TPSA) is 90.1 Å². The van der Waals surface area contributed by atoms with Crippen molar-refractivity contribution in [2.24, 2.45) is 0 Å². The second-order valence-electron chi connectivity index (χ2n) is 5.35. The van der Waals surface area contributed by atoms with Gasteiger partial charge in [0, 0.05) is 11.6 Å². The number of fused-ring (bicyclic) bond motifs is 1. The van der Waals surface area contributed by atoms with Crippen LogP contribution in [0.1, 0.15) is 12.7 Å². The molecular weight excluding hydrogens is 304 g/mol. The maximum atomic E-state index is 12.2. The average molecular weight is 322 g/mol. The lowest BCUT2D eigenvalue weighted by atomic mass is 10.1. The first-order valence-electron chi connectivity index (χ1n) is 7.63. The molecule has 3 N–H and O–H groups in total. The van der Waals surface area contributed by atoms with Crippen molar-refractivity contribution in [3.8, 4) is 5.75 Å². The van der Waals surface area contributed by atoms with Gasteiger partial charge < -0.3 is 15.8 Å². The molecule has 122 valence electrons. The van der Waals surface area contributed by atoms with E-state index in [4.69, 9.17) is 10.5 Å². The first kappa shape index (κ1) is 15.7. The summed E-state index contributed by atoms with van der Waals surface area (Å²) in [6, 6.07) is 15.2. The Morgan fingerprint density at radius 2 is 2.00 bits per heavy atom. The molecule has 0 radical (unpaired) electrons. The molecule has 0 fully saturated rings. The minimum Gasteiger partial charge on any atom is -0.480 e. The first-order chi connectivity index (χ1) is 11.6. The minimum atomic E-state index is -0.642. The summed E-state index contributed by atoms with van der Waals surface area (Å²) >= 11 is 0. The maximum Gasteiger partial charge on any atom is 0.261 e. The van der Waals surface area contributed by atoms with Gasteiger partial charge in [-0.3, -0.25) is 4.79 Å². The minimum absolute atomic E-state index is 0.201. The summed E-state index contributed by atoms with van der Waals surface area (Å²) in [7, 11) is 0. The summed E-state index contributed by atoms with van der Waals surface area (Å²) in [5.74, 6) is 1.26. The number of carbonyl (C=O) groups is 1. The van der Waals surface area contributed by atoms with E-state index in [-0.39, 0.29) is 12.5 Å². The van der Waals surface area contributed by atoms with Crippen molar-refractivity contribution in [3.63, 3.8) is 0 Å². The molecule has 2 aromatic carbocycles. The quantitative estimate of drug-likeness (QED) is 0.752. The van der Waals surface area contributed by atoms with Crippen molar-refractivity contribution in [1.29, 1.82) is 0 Å². The second kappa shape index (κ2) is 6.95. The summed E-state index contributed by atoms with van der Waals surface area (Å²) in [5.41, 5.74) is 5.59. The maximum absolute atomic E-state index is 12.2. The van der Waals surface area contributed by atoms with E-state index in [1.807, 2.05) is 42.5 Å². The summed E-state index contributed by atoms with van der Waals surface area (Å²) in [6.07, 6.45) is 0.914. The van der Waals surface area contributed by atoms with Crippen LogP contribution in [0.4, 0.5) is 5.82 Å². The van der Waals surface area contributed by atoms with Gasteiger partial charge in [-0.1, -0.05) is 36.4 Å². The van der Waals surface area contributed by atoms with E-state index in [2.05, 4.69) is 15.3 Å². The van der Waals surface area contributed by atoms with Crippen LogP contribution >= 0.6 is 0 Å². The molecule has 0 saturated carbocycles. The zero-order chi connectivity index (χ0) is 16.9. The number of benzene rings is 2. The van der Waals surface area contributed by atoms with Gasteiger partial charge in [-0.05, 0) is 24.4 Å². The molecule has 3 rings (SSSR count). The number of hydrogen-bond acceptors (Lipinski definition) is 5. The van der Waals surface area contributed by atoms with Crippen LogP contribution in [0.2, 0.25) is 0 Å². The Kier molecular flexibility index (Phi) is 4.56. The molecule has 0 unspecified atom stereocenters. The third kappa shape index (κ3) is 3.60. The van der Waals surface area contributed by atoms with Crippen molar-refractivity contribution in [2.75, 3.05) is 5.73 Å². The third-order valence-corrected chi connectivity index (χ3v) is 3.57. The fourth-order valence-corrected chi connectivity index (χ4v) is 2.35. The number of nitrogen functional groups attached to an aromatic ring is 1. The highest BCUT2D eigenvalue weighted by Gasteiger charge is 2.16. The number of carbonyl (C=O) groups excluding carboxylic acids is 1. The zero-order valence-corrected chi connectivity index (χ0v) is 13.3. The Labute approximate surface area is 139 Å². The van der Waals surface area contributed by atoms with E-state index in [0.717, 1.165) is 10.8 Å². The predicted octanol–water partition coefficient (Wildman–Crippen LogP) is 2.30. The number of ether oxygens (including phenoxy) is 1. The van der Waals surface area contributed by atoms with E-state index >= 15 is 0 Å². The predicted molar refractivity (Wildman–Crippen MR) is 92.3 cm³/mol. The van der Waals surface area contributed by atoms with E-state index in [9.17, 15) is 4.79 Å². The summed E-state index contributed by atoms with van der Waals surface area (Å²) in [6.45, 7) is 1.91. The number of anilines is 1. The van der Waals surface area contributed by atoms with E-state index in [0.29, 0.717) is 17.4 Å². The molecule has 1 atom stereocenters. The van der Waals surface area contributed by atoms with Gasteiger partial charge >= 0.3 is 0 Å². The molecule has 0 aliphatic heterocycles. The Morgan fingerprint density at radius 1 is 1.21 bits per heavy atom. The van der Waals surface area contributed by atoms with Crippen LogP contribution in [-0.4, -0.2) is 22.0 Å². The van der Waals surface area contributed by atoms with E-state index < -0.39 is 6.10 Å². The van der Waals surface area contributed by atoms with E-state index in [1.165, 1.54) is 0 Å². The SMILES string of the molecule is C[C@H](Oc1cccc2ccccc12)C(=O)NCc1nccc(N)n1. The Bertz CT molecular complexity index is 861. The standard InChI is InChI=1S/C18H18N4O2/c1-12(18(23)21-11-17-20-10-9-16(19)22-17)24-15-8-4-6-13-5-2-3-7-14(13)15/h2-10,12H,11H2,1H3,(H,21,23)(H2,19,20,22)/t12-/m0/s1.